The van der Waals surface area contributed by atoms with E-state index in [0.717, 1.165) is 10.5 Å². The number of pyridine rings is 1. The van der Waals surface area contributed by atoms with E-state index in [4.69, 9.17) is 4.74 Å². The van der Waals surface area contributed by atoms with Gasteiger partial charge in [-0.25, -0.2) is 4.98 Å². The minimum Gasteiger partial charge on any atom is -0.481 e. The molecular weight excluding hydrogens is 242 g/mol. The fraction of sp³-hybridized carbons (Fsp3) is 0.400. The molecule has 1 aromatic rings. The molecule has 0 amide bonds. The Hall–Kier alpha value is -1.22. The lowest BCUT2D eigenvalue weighted by Crippen LogP contribution is -1.87. The Morgan fingerprint density at radius 3 is 2.28 bits per heavy atom. The number of ether oxygens (including phenoxy) is 1. The van der Waals surface area contributed by atoms with Crippen LogP contribution in [0.15, 0.2) is 37.1 Å². The van der Waals surface area contributed by atoms with Crippen molar-refractivity contribution in [2.45, 2.75) is 34.1 Å². The Bertz CT molecular complexity index is 331. The summed E-state index contributed by atoms with van der Waals surface area (Å²) < 4.78 is 4.93. The van der Waals surface area contributed by atoms with Gasteiger partial charge >= 0.3 is 0 Å². The monoisotopic (exact) mass is 267 g/mol. The molecule has 0 saturated heterocycles. The maximum absolute atomic E-state index is 4.93. The van der Waals surface area contributed by atoms with Crippen LogP contribution in [0.4, 0.5) is 0 Å². The van der Waals surface area contributed by atoms with Crippen LogP contribution in [-0.2, 0) is 0 Å². The van der Waals surface area contributed by atoms with Crippen molar-refractivity contribution >= 4 is 17.5 Å². The molecule has 0 aliphatic rings. The summed E-state index contributed by atoms with van der Waals surface area (Å²) in [6.07, 6.45) is 6.46. The number of allylic oxidation sites excluding steroid dienone is 2. The van der Waals surface area contributed by atoms with Gasteiger partial charge in [0.2, 0.25) is 5.88 Å². The number of aromatic nitrogens is 1. The van der Waals surface area contributed by atoms with E-state index in [1.807, 2.05) is 26.0 Å². The number of hydrogen-bond donors (Lipinski definition) is 1. The molecule has 0 radical (unpaired) electrons. The summed E-state index contributed by atoms with van der Waals surface area (Å²) in [5, 5.41) is 0. The third-order valence-electron chi connectivity index (χ3n) is 1.52. The number of methoxy groups -OCH3 is 1. The van der Waals surface area contributed by atoms with Crippen molar-refractivity contribution in [1.82, 2.24) is 4.98 Å². The fourth-order valence-electron chi connectivity index (χ4n) is 0.860. The quantitative estimate of drug-likeness (QED) is 0.615. The smallest absolute Gasteiger partial charge is 0.212 e. The first kappa shape index (κ1) is 19.1. The van der Waals surface area contributed by atoms with Crippen LogP contribution in [-0.4, -0.2) is 12.1 Å². The minimum atomic E-state index is 0.600. The van der Waals surface area contributed by atoms with Crippen molar-refractivity contribution in [3.05, 3.63) is 42.6 Å². The molecule has 0 aliphatic carbocycles. The lowest BCUT2D eigenvalue weighted by atomic mass is 10.2. The van der Waals surface area contributed by atoms with Crippen LogP contribution in [0.2, 0.25) is 0 Å². The van der Waals surface area contributed by atoms with E-state index in [1.165, 1.54) is 6.42 Å². The first-order valence-corrected chi connectivity index (χ1v) is 6.66. The average Bonchev–Trinajstić information content (AvgIpc) is 2.42. The molecule has 0 aromatic carbocycles. The predicted molar refractivity (Wildman–Crippen MR) is 85.3 cm³/mol. The summed E-state index contributed by atoms with van der Waals surface area (Å²) in [7, 11) is 1.59. The highest BCUT2D eigenvalue weighted by molar-refractivity contribution is 7.90. The number of hydrogen-bond acceptors (Lipinski definition) is 3. The van der Waals surface area contributed by atoms with Crippen molar-refractivity contribution in [3.8, 4) is 5.88 Å². The zero-order valence-corrected chi connectivity index (χ0v) is 13.0. The summed E-state index contributed by atoms with van der Waals surface area (Å²) in [4.78, 5) is 4.89. The molecule has 0 spiro atoms. The Morgan fingerprint density at radius 2 is 1.94 bits per heavy atom. The van der Waals surface area contributed by atoms with E-state index >= 15 is 0 Å². The molecular formula is C15H25NOS. The Kier molecular flexibility index (Phi) is 14.7. The largest absolute Gasteiger partial charge is 0.481 e. The molecule has 0 aliphatic heterocycles. The molecule has 0 N–H and O–H groups in total. The normalized spacial score (nSPS) is 9.33. The van der Waals surface area contributed by atoms with Crippen molar-refractivity contribution < 1.29 is 4.74 Å². The van der Waals surface area contributed by atoms with Gasteiger partial charge < -0.3 is 4.74 Å². The lowest BCUT2D eigenvalue weighted by Gasteiger charge is -2.00. The molecule has 0 unspecified atom stereocenters. The van der Waals surface area contributed by atoms with Crippen LogP contribution in [0.1, 0.15) is 39.7 Å². The summed E-state index contributed by atoms with van der Waals surface area (Å²) in [5.41, 5.74) is 0.948. The minimum absolute atomic E-state index is 0.600. The van der Waals surface area contributed by atoms with E-state index < -0.39 is 0 Å². The van der Waals surface area contributed by atoms with Gasteiger partial charge in [0, 0.05) is 22.7 Å². The second-order valence-corrected chi connectivity index (χ2v) is 3.57. The molecule has 0 atom stereocenters. The summed E-state index contributed by atoms with van der Waals surface area (Å²) in [6.45, 7) is 11.8. The van der Waals surface area contributed by atoms with Crippen molar-refractivity contribution in [1.29, 1.82) is 0 Å². The second-order valence-electron chi connectivity index (χ2n) is 3.08. The van der Waals surface area contributed by atoms with Crippen molar-refractivity contribution in [2.24, 2.45) is 0 Å². The maximum Gasteiger partial charge on any atom is 0.212 e. The zero-order valence-electron chi connectivity index (χ0n) is 12.1. The van der Waals surface area contributed by atoms with Gasteiger partial charge in [0.15, 0.2) is 0 Å². The maximum atomic E-state index is 4.93. The third kappa shape index (κ3) is 8.88. The van der Waals surface area contributed by atoms with E-state index in [0.29, 0.717) is 5.88 Å². The highest BCUT2D eigenvalue weighted by atomic mass is 32.1. The van der Waals surface area contributed by atoms with Gasteiger partial charge in [-0.15, -0.1) is 12.6 Å². The molecule has 18 heavy (non-hydrogen) atoms. The molecule has 0 fully saturated rings. The van der Waals surface area contributed by atoms with Gasteiger partial charge in [0.1, 0.15) is 0 Å². The molecule has 1 heterocycles. The molecule has 2 nitrogen and oxygen atoms in total. The van der Waals surface area contributed by atoms with Crippen LogP contribution in [0, 0.1) is 0 Å². The van der Waals surface area contributed by atoms with Gasteiger partial charge in [0.25, 0.3) is 0 Å². The van der Waals surface area contributed by atoms with E-state index in [2.05, 4.69) is 38.0 Å². The van der Waals surface area contributed by atoms with Crippen LogP contribution in [0.3, 0.4) is 0 Å². The average molecular weight is 267 g/mol. The third-order valence-corrected chi connectivity index (χ3v) is 1.92. The number of nitrogens with zero attached hydrogens (tertiary/aromatic N) is 1. The van der Waals surface area contributed by atoms with Crippen molar-refractivity contribution in [3.63, 3.8) is 0 Å². The van der Waals surface area contributed by atoms with Gasteiger partial charge in [-0.1, -0.05) is 46.8 Å². The van der Waals surface area contributed by atoms with Crippen molar-refractivity contribution in [2.75, 3.05) is 7.11 Å². The second kappa shape index (κ2) is 13.8. The molecule has 3 heteroatoms. The first-order valence-electron chi connectivity index (χ1n) is 6.21. The van der Waals surface area contributed by atoms with E-state index in [9.17, 15) is 0 Å². The number of rotatable bonds is 3. The predicted octanol–water partition coefficient (Wildman–Crippen LogP) is 4.99. The van der Waals surface area contributed by atoms with Crippen LogP contribution >= 0.6 is 12.6 Å². The lowest BCUT2D eigenvalue weighted by molar-refractivity contribution is 0.398. The Labute approximate surface area is 117 Å². The zero-order chi connectivity index (χ0) is 14.4. The van der Waals surface area contributed by atoms with Crippen LogP contribution in [0.5, 0.6) is 5.88 Å². The molecule has 0 saturated carbocycles. The fourth-order valence-corrected chi connectivity index (χ4v) is 1.10. The molecule has 0 bridgehead atoms. The molecule has 102 valence electrons. The van der Waals surface area contributed by atoms with Crippen LogP contribution < -0.4 is 4.74 Å². The van der Waals surface area contributed by atoms with Gasteiger partial charge in [0.05, 0.1) is 7.11 Å². The highest BCUT2D eigenvalue weighted by Gasteiger charge is 1.96. The first-order chi connectivity index (χ1) is 8.69. The number of thiol groups is 1. The van der Waals surface area contributed by atoms with Crippen LogP contribution in [0.25, 0.3) is 4.91 Å². The topological polar surface area (TPSA) is 22.1 Å². The van der Waals surface area contributed by atoms with E-state index in [-0.39, 0.29) is 0 Å². The standard InChI is InChI=1S/C10H11NOS.C3H8.C2H6/c1-3-4-9(13)8-5-6-10(12-2)11-7-8;1-3-2;1-2/h3-7,13H,1H2,2H3;3H2,1-2H3;1-2H3/b9-4-;;. The van der Waals surface area contributed by atoms with Gasteiger partial charge in [-0.3, -0.25) is 0 Å². The Balaban J connectivity index is 0. The van der Waals surface area contributed by atoms with E-state index in [1.54, 1.807) is 25.4 Å². The SMILES string of the molecule is C=C/C=C(\S)c1ccc(OC)nc1.CC.CCC. The molecule has 1 aromatic heterocycles. The Morgan fingerprint density at radius 1 is 1.39 bits per heavy atom. The summed E-state index contributed by atoms with van der Waals surface area (Å²) in [6, 6.07) is 3.69. The summed E-state index contributed by atoms with van der Waals surface area (Å²) >= 11 is 4.27. The summed E-state index contributed by atoms with van der Waals surface area (Å²) in [5.74, 6) is 0.600. The van der Waals surface area contributed by atoms with Gasteiger partial charge in [-0.2, -0.15) is 0 Å². The van der Waals surface area contributed by atoms with Gasteiger partial charge in [-0.05, 0) is 12.1 Å². The molecule has 1 rings (SSSR count). The highest BCUT2D eigenvalue weighted by Crippen LogP contribution is 2.18.